The molecule has 0 amide bonds. The lowest BCUT2D eigenvalue weighted by molar-refractivity contribution is 0.166. The Labute approximate surface area is 162 Å². The molecule has 2 aromatic rings. The second-order valence-electron chi connectivity index (χ2n) is 6.29. The van der Waals surface area contributed by atoms with Crippen LogP contribution >= 0.6 is 23.8 Å². The van der Waals surface area contributed by atoms with E-state index in [0.29, 0.717) is 10.6 Å². The molecule has 0 spiro atoms. The zero-order valence-corrected chi connectivity index (χ0v) is 16.2. The minimum Gasteiger partial charge on any atom is -0.393 e. The van der Waals surface area contributed by atoms with Gasteiger partial charge in [0, 0.05) is 18.1 Å². The molecule has 3 rings (SSSR count). The Kier molecular flexibility index (Phi) is 5.09. The number of thiocarbonyl (C=S) groups is 1. The molecular formula is C18H17ClFNO3S2. The van der Waals surface area contributed by atoms with Crippen LogP contribution in [0.3, 0.4) is 0 Å². The van der Waals surface area contributed by atoms with Crippen LogP contribution in [-0.4, -0.2) is 32.4 Å². The topological polar surface area (TPSA) is 69.4 Å². The first-order valence-corrected chi connectivity index (χ1v) is 10.1. The largest absolute Gasteiger partial charge is 0.393 e. The second kappa shape index (κ2) is 6.88. The van der Waals surface area contributed by atoms with Crippen LogP contribution < -0.4 is 5.73 Å². The fourth-order valence-corrected chi connectivity index (χ4v) is 6.45. The van der Waals surface area contributed by atoms with Crippen LogP contribution in [0.1, 0.15) is 11.5 Å². The molecule has 0 aliphatic heterocycles. The van der Waals surface area contributed by atoms with Crippen LogP contribution in [0.5, 0.6) is 0 Å². The predicted molar refractivity (Wildman–Crippen MR) is 103 cm³/mol. The van der Waals surface area contributed by atoms with Crippen molar-refractivity contribution in [2.75, 3.05) is 13.7 Å². The molecule has 138 valence electrons. The Bertz CT molecular complexity index is 932. The van der Waals surface area contributed by atoms with E-state index < -0.39 is 32.2 Å². The minimum atomic E-state index is -3.76. The normalized spacial score (nSPS) is 25.0. The summed E-state index contributed by atoms with van der Waals surface area (Å²) in [7, 11) is -2.30. The maximum absolute atomic E-state index is 13.3. The number of nitrogens with two attached hydrogens (primary N) is 1. The van der Waals surface area contributed by atoms with Gasteiger partial charge in [0.25, 0.3) is 0 Å². The van der Waals surface area contributed by atoms with Crippen LogP contribution in [0.4, 0.5) is 4.39 Å². The highest BCUT2D eigenvalue weighted by Crippen LogP contribution is 2.64. The number of hydrogen-bond acceptors (Lipinski definition) is 4. The molecule has 1 saturated carbocycles. The van der Waals surface area contributed by atoms with E-state index in [1.165, 1.54) is 43.5 Å². The van der Waals surface area contributed by atoms with Crippen LogP contribution in [0.15, 0.2) is 53.4 Å². The highest BCUT2D eigenvalue weighted by molar-refractivity contribution is 7.92. The molecule has 1 aliphatic rings. The third-order valence-electron chi connectivity index (χ3n) is 4.80. The van der Waals surface area contributed by atoms with E-state index in [1.54, 1.807) is 12.1 Å². The van der Waals surface area contributed by atoms with Crippen molar-refractivity contribution in [2.24, 2.45) is 11.1 Å². The maximum Gasteiger partial charge on any atom is 0.182 e. The van der Waals surface area contributed by atoms with Gasteiger partial charge in [-0.25, -0.2) is 12.8 Å². The Balaban J connectivity index is 2.11. The SMILES string of the molecule is COC[C@]1(C(N)=S)[C@H](c2ccc(F)cc2)[C@H]1S(=O)(=O)c1ccc(Cl)cc1. The lowest BCUT2D eigenvalue weighted by Gasteiger charge is -2.16. The molecule has 1 aliphatic carbocycles. The number of ether oxygens (including phenoxy) is 1. The van der Waals surface area contributed by atoms with Crippen molar-refractivity contribution in [3.05, 3.63) is 64.9 Å². The van der Waals surface area contributed by atoms with Gasteiger partial charge in [0.1, 0.15) is 5.82 Å². The Morgan fingerprint density at radius 1 is 1.23 bits per heavy atom. The first-order valence-electron chi connectivity index (χ1n) is 7.79. The van der Waals surface area contributed by atoms with Gasteiger partial charge in [-0.15, -0.1) is 0 Å². The lowest BCUT2D eigenvalue weighted by atomic mass is 10.00. The summed E-state index contributed by atoms with van der Waals surface area (Å²) in [5, 5.41) is -0.452. The molecule has 3 atom stereocenters. The molecular weight excluding hydrogens is 397 g/mol. The number of methoxy groups -OCH3 is 1. The van der Waals surface area contributed by atoms with Gasteiger partial charge in [-0.3, -0.25) is 0 Å². The highest BCUT2D eigenvalue weighted by Gasteiger charge is 2.73. The summed E-state index contributed by atoms with van der Waals surface area (Å²) in [4.78, 5) is 0.199. The van der Waals surface area contributed by atoms with E-state index in [2.05, 4.69) is 0 Å². The van der Waals surface area contributed by atoms with Crippen molar-refractivity contribution in [1.29, 1.82) is 0 Å². The van der Waals surface area contributed by atoms with Crippen molar-refractivity contribution < 1.29 is 17.5 Å². The molecule has 4 nitrogen and oxygen atoms in total. The predicted octanol–water partition coefficient (Wildman–Crippen LogP) is 3.34. The summed E-state index contributed by atoms with van der Waals surface area (Å²) in [6.45, 7) is 0.0574. The molecule has 2 N–H and O–H groups in total. The first-order chi connectivity index (χ1) is 12.2. The molecule has 0 unspecified atom stereocenters. The zero-order valence-electron chi connectivity index (χ0n) is 13.9. The fourth-order valence-electron chi connectivity index (χ4n) is 3.55. The number of hydrogen-bond donors (Lipinski definition) is 1. The summed E-state index contributed by atoms with van der Waals surface area (Å²) >= 11 is 11.1. The van der Waals surface area contributed by atoms with E-state index in [9.17, 15) is 12.8 Å². The molecule has 1 fully saturated rings. The summed E-state index contributed by atoms with van der Waals surface area (Å²) in [6.07, 6.45) is 0. The summed E-state index contributed by atoms with van der Waals surface area (Å²) in [6, 6.07) is 11.6. The molecule has 26 heavy (non-hydrogen) atoms. The van der Waals surface area contributed by atoms with Gasteiger partial charge < -0.3 is 10.5 Å². The molecule has 0 bridgehead atoms. The lowest BCUT2D eigenvalue weighted by Crippen LogP contribution is -2.33. The summed E-state index contributed by atoms with van der Waals surface area (Å²) in [5.74, 6) is -0.916. The number of benzene rings is 2. The Hall–Kier alpha value is -1.54. The average Bonchev–Trinajstić information content (AvgIpc) is 3.27. The standard InChI is InChI=1S/C18H17ClFNO3S2/c1-24-10-18(17(21)25)15(11-2-6-13(20)7-3-11)16(18)26(22,23)14-8-4-12(19)5-9-14/h2-9,15-16H,10H2,1H3,(H2,21,25)/t15-,16-,18+/m1/s1. The molecule has 8 heteroatoms. The first kappa shape index (κ1) is 19.2. The third-order valence-corrected chi connectivity index (χ3v) is 7.73. The Morgan fingerprint density at radius 2 is 1.81 bits per heavy atom. The van der Waals surface area contributed by atoms with Crippen LogP contribution in [0, 0.1) is 11.2 Å². The summed E-state index contributed by atoms with van der Waals surface area (Å²) < 4.78 is 45.1. The summed E-state index contributed by atoms with van der Waals surface area (Å²) in [5.41, 5.74) is 5.57. The number of rotatable bonds is 6. The van der Waals surface area contributed by atoms with E-state index in [0.717, 1.165) is 0 Å². The van der Waals surface area contributed by atoms with Gasteiger partial charge in [-0.1, -0.05) is 36.0 Å². The van der Waals surface area contributed by atoms with Crippen LogP contribution in [-0.2, 0) is 14.6 Å². The van der Waals surface area contributed by atoms with Crippen LogP contribution in [0.25, 0.3) is 0 Å². The van der Waals surface area contributed by atoms with Crippen LogP contribution in [0.2, 0.25) is 5.02 Å². The van der Waals surface area contributed by atoms with Gasteiger partial charge in [-0.05, 0) is 42.0 Å². The average molecular weight is 414 g/mol. The number of halogens is 2. The van der Waals surface area contributed by atoms with Gasteiger partial charge in [0.15, 0.2) is 9.84 Å². The zero-order chi connectivity index (χ0) is 19.1. The van der Waals surface area contributed by atoms with Crippen molar-refractivity contribution in [3.8, 4) is 0 Å². The second-order valence-corrected chi connectivity index (χ2v) is 9.23. The Morgan fingerprint density at radius 3 is 2.31 bits per heavy atom. The van der Waals surface area contributed by atoms with Crippen molar-refractivity contribution in [3.63, 3.8) is 0 Å². The van der Waals surface area contributed by atoms with Gasteiger partial charge in [0.05, 0.1) is 27.2 Å². The van der Waals surface area contributed by atoms with Gasteiger partial charge in [-0.2, -0.15) is 0 Å². The van der Waals surface area contributed by atoms with Gasteiger partial charge >= 0.3 is 0 Å². The maximum atomic E-state index is 13.3. The van der Waals surface area contributed by atoms with E-state index in [4.69, 9.17) is 34.3 Å². The highest BCUT2D eigenvalue weighted by atomic mass is 35.5. The van der Waals surface area contributed by atoms with E-state index in [-0.39, 0.29) is 16.5 Å². The van der Waals surface area contributed by atoms with E-state index in [1.807, 2.05) is 0 Å². The third kappa shape index (κ3) is 3.03. The molecule has 0 saturated heterocycles. The van der Waals surface area contributed by atoms with E-state index >= 15 is 0 Å². The van der Waals surface area contributed by atoms with Gasteiger partial charge in [0.2, 0.25) is 0 Å². The van der Waals surface area contributed by atoms with Crippen molar-refractivity contribution in [2.45, 2.75) is 16.1 Å². The monoisotopic (exact) mass is 413 g/mol. The van der Waals surface area contributed by atoms with Crippen molar-refractivity contribution in [1.82, 2.24) is 0 Å². The molecule has 0 heterocycles. The molecule has 0 aromatic heterocycles. The number of sulfone groups is 1. The van der Waals surface area contributed by atoms with Crippen molar-refractivity contribution >= 4 is 38.6 Å². The smallest absolute Gasteiger partial charge is 0.182 e. The fraction of sp³-hybridized carbons (Fsp3) is 0.278. The minimum absolute atomic E-state index is 0.0574. The quantitative estimate of drug-likeness (QED) is 0.735. The molecule has 2 aromatic carbocycles. The molecule has 0 radical (unpaired) electrons.